The molecule has 0 radical (unpaired) electrons. The molecule has 0 bridgehead atoms. The van der Waals surface area contributed by atoms with Gasteiger partial charge in [0, 0.05) is 23.5 Å². The van der Waals surface area contributed by atoms with Crippen molar-refractivity contribution in [1.82, 2.24) is 10.3 Å². The zero-order valence-corrected chi connectivity index (χ0v) is 12.6. The van der Waals surface area contributed by atoms with Crippen LogP contribution in [0.15, 0.2) is 36.7 Å². The second-order valence-corrected chi connectivity index (χ2v) is 5.20. The van der Waals surface area contributed by atoms with E-state index in [2.05, 4.69) is 17.2 Å². The van der Waals surface area contributed by atoms with Crippen molar-refractivity contribution >= 4 is 11.6 Å². The Kier molecular flexibility index (Phi) is 4.27. The monoisotopic (exact) mass is 304 g/mol. The maximum absolute atomic E-state index is 6.45. The number of aromatic nitrogens is 1. The number of benzene rings is 1. The van der Waals surface area contributed by atoms with Crippen LogP contribution in [0.25, 0.3) is 0 Å². The minimum absolute atomic E-state index is 0.0213. The van der Waals surface area contributed by atoms with Crippen LogP contribution in [-0.4, -0.2) is 24.7 Å². The van der Waals surface area contributed by atoms with Crippen LogP contribution in [0, 0.1) is 0 Å². The van der Waals surface area contributed by atoms with E-state index in [0.717, 1.165) is 23.4 Å². The molecule has 5 heteroatoms. The third-order valence-electron chi connectivity index (χ3n) is 3.40. The minimum atomic E-state index is -0.0213. The predicted octanol–water partition coefficient (Wildman–Crippen LogP) is 3.21. The molecule has 2 aromatic rings. The third kappa shape index (κ3) is 2.96. The molecular formula is C16H17ClN2O2. The summed E-state index contributed by atoms with van der Waals surface area (Å²) in [5.74, 6) is 1.45. The van der Waals surface area contributed by atoms with E-state index in [-0.39, 0.29) is 6.04 Å². The van der Waals surface area contributed by atoms with Gasteiger partial charge >= 0.3 is 0 Å². The molecular weight excluding hydrogens is 288 g/mol. The molecule has 1 aliphatic rings. The summed E-state index contributed by atoms with van der Waals surface area (Å²) in [5, 5.41) is 4.10. The Morgan fingerprint density at radius 2 is 2.05 bits per heavy atom. The molecule has 0 spiro atoms. The first-order chi connectivity index (χ1) is 10.3. The van der Waals surface area contributed by atoms with Crippen molar-refractivity contribution in [3.8, 4) is 11.5 Å². The fourth-order valence-corrected chi connectivity index (χ4v) is 2.72. The number of rotatable bonds is 4. The first-order valence-electron chi connectivity index (χ1n) is 7.02. The number of nitrogens with one attached hydrogen (secondary N) is 1. The molecule has 1 atom stereocenters. The van der Waals surface area contributed by atoms with Crippen LogP contribution in [-0.2, 0) is 0 Å². The first-order valence-corrected chi connectivity index (χ1v) is 7.39. The number of halogens is 1. The lowest BCUT2D eigenvalue weighted by Crippen LogP contribution is -2.23. The van der Waals surface area contributed by atoms with Crippen molar-refractivity contribution in [1.29, 1.82) is 0 Å². The van der Waals surface area contributed by atoms with E-state index in [1.807, 2.05) is 30.5 Å². The highest BCUT2D eigenvalue weighted by molar-refractivity contribution is 6.31. The zero-order chi connectivity index (χ0) is 14.7. The van der Waals surface area contributed by atoms with E-state index >= 15 is 0 Å². The highest BCUT2D eigenvalue weighted by Gasteiger charge is 2.21. The fraction of sp³-hybridized carbons (Fsp3) is 0.312. The van der Waals surface area contributed by atoms with Gasteiger partial charge in [-0.05, 0) is 29.8 Å². The lowest BCUT2D eigenvalue weighted by Gasteiger charge is -2.24. The normalized spacial score (nSPS) is 14.8. The summed E-state index contributed by atoms with van der Waals surface area (Å²) in [6, 6.07) is 7.72. The maximum Gasteiger partial charge on any atom is 0.162 e. The summed E-state index contributed by atoms with van der Waals surface area (Å²) < 4.78 is 11.2. The van der Waals surface area contributed by atoms with Crippen LogP contribution in [0.4, 0.5) is 0 Å². The summed E-state index contributed by atoms with van der Waals surface area (Å²) in [6.45, 7) is 4.01. The quantitative estimate of drug-likeness (QED) is 0.942. The molecule has 0 amide bonds. The standard InChI is InChI=1S/C16H17ClN2O2/c1-2-19-16(11-4-3-5-18-10-11)12-8-14-15(9-13(12)17)21-7-6-20-14/h3-5,8-10,16,19H,2,6-7H2,1H3. The molecule has 1 unspecified atom stereocenters. The number of nitrogens with zero attached hydrogens (tertiary/aromatic N) is 1. The lowest BCUT2D eigenvalue weighted by atomic mass is 9.99. The molecule has 4 nitrogen and oxygen atoms in total. The Morgan fingerprint density at radius 1 is 1.29 bits per heavy atom. The minimum Gasteiger partial charge on any atom is -0.486 e. The highest BCUT2D eigenvalue weighted by atomic mass is 35.5. The van der Waals surface area contributed by atoms with Gasteiger partial charge in [0.2, 0.25) is 0 Å². The van der Waals surface area contributed by atoms with Gasteiger partial charge in [-0.15, -0.1) is 0 Å². The van der Waals surface area contributed by atoms with Gasteiger partial charge in [0.25, 0.3) is 0 Å². The Labute approximate surface area is 129 Å². The second kappa shape index (κ2) is 6.33. The van der Waals surface area contributed by atoms with Crippen molar-refractivity contribution in [3.05, 3.63) is 52.8 Å². The van der Waals surface area contributed by atoms with Gasteiger partial charge in [0.15, 0.2) is 11.5 Å². The van der Waals surface area contributed by atoms with Crippen LogP contribution in [0.3, 0.4) is 0 Å². The molecule has 21 heavy (non-hydrogen) atoms. The van der Waals surface area contributed by atoms with E-state index in [1.165, 1.54) is 0 Å². The molecule has 1 aromatic carbocycles. The summed E-state index contributed by atoms with van der Waals surface area (Å²) >= 11 is 6.45. The van der Waals surface area contributed by atoms with E-state index < -0.39 is 0 Å². The number of hydrogen-bond donors (Lipinski definition) is 1. The van der Waals surface area contributed by atoms with Gasteiger partial charge in [0.05, 0.1) is 6.04 Å². The molecule has 3 rings (SSSR count). The van der Waals surface area contributed by atoms with Crippen LogP contribution in [0.1, 0.15) is 24.1 Å². The highest BCUT2D eigenvalue weighted by Crippen LogP contribution is 2.39. The van der Waals surface area contributed by atoms with Gasteiger partial charge in [-0.1, -0.05) is 24.6 Å². The smallest absolute Gasteiger partial charge is 0.162 e. The van der Waals surface area contributed by atoms with Gasteiger partial charge < -0.3 is 14.8 Å². The summed E-state index contributed by atoms with van der Waals surface area (Å²) in [5.41, 5.74) is 2.04. The van der Waals surface area contributed by atoms with Crippen LogP contribution in [0.5, 0.6) is 11.5 Å². The molecule has 2 heterocycles. The molecule has 0 saturated heterocycles. The Hall–Kier alpha value is -1.78. The third-order valence-corrected chi connectivity index (χ3v) is 3.73. The predicted molar refractivity (Wildman–Crippen MR) is 82.2 cm³/mol. The second-order valence-electron chi connectivity index (χ2n) is 4.79. The van der Waals surface area contributed by atoms with E-state index in [0.29, 0.717) is 24.0 Å². The average Bonchev–Trinajstić information content (AvgIpc) is 2.53. The SMILES string of the molecule is CCNC(c1cccnc1)c1cc2c(cc1Cl)OCCO2. The Bertz CT molecular complexity index is 619. The fourth-order valence-electron chi connectivity index (χ4n) is 2.46. The van der Waals surface area contributed by atoms with Crippen LogP contribution >= 0.6 is 11.6 Å². The van der Waals surface area contributed by atoms with Crippen molar-refractivity contribution < 1.29 is 9.47 Å². The zero-order valence-electron chi connectivity index (χ0n) is 11.8. The van der Waals surface area contributed by atoms with Crippen LogP contribution in [0.2, 0.25) is 5.02 Å². The summed E-state index contributed by atoms with van der Waals surface area (Å²) in [7, 11) is 0. The van der Waals surface area contributed by atoms with Gasteiger partial charge in [-0.3, -0.25) is 4.98 Å². The molecule has 1 N–H and O–H groups in total. The largest absolute Gasteiger partial charge is 0.486 e. The van der Waals surface area contributed by atoms with Crippen molar-refractivity contribution in [3.63, 3.8) is 0 Å². The van der Waals surface area contributed by atoms with Crippen molar-refractivity contribution in [2.45, 2.75) is 13.0 Å². The molecule has 1 aromatic heterocycles. The molecule has 0 saturated carbocycles. The van der Waals surface area contributed by atoms with E-state index in [4.69, 9.17) is 21.1 Å². The van der Waals surface area contributed by atoms with Crippen LogP contribution < -0.4 is 14.8 Å². The number of ether oxygens (including phenoxy) is 2. The number of fused-ring (bicyclic) bond motifs is 1. The molecule has 0 fully saturated rings. The number of hydrogen-bond acceptors (Lipinski definition) is 4. The Balaban J connectivity index is 2.03. The van der Waals surface area contributed by atoms with Gasteiger partial charge in [-0.2, -0.15) is 0 Å². The van der Waals surface area contributed by atoms with E-state index in [1.54, 1.807) is 6.20 Å². The topological polar surface area (TPSA) is 43.4 Å². The summed E-state index contributed by atoms with van der Waals surface area (Å²) in [4.78, 5) is 4.19. The summed E-state index contributed by atoms with van der Waals surface area (Å²) in [6.07, 6.45) is 3.61. The van der Waals surface area contributed by atoms with Gasteiger partial charge in [0.1, 0.15) is 13.2 Å². The van der Waals surface area contributed by atoms with Crippen molar-refractivity contribution in [2.24, 2.45) is 0 Å². The van der Waals surface area contributed by atoms with Gasteiger partial charge in [-0.25, -0.2) is 0 Å². The molecule has 110 valence electrons. The van der Waals surface area contributed by atoms with Crippen molar-refractivity contribution in [2.75, 3.05) is 19.8 Å². The maximum atomic E-state index is 6.45. The van der Waals surface area contributed by atoms with E-state index in [9.17, 15) is 0 Å². The molecule has 1 aliphatic heterocycles. The molecule has 0 aliphatic carbocycles. The average molecular weight is 305 g/mol. The number of pyridine rings is 1. The lowest BCUT2D eigenvalue weighted by molar-refractivity contribution is 0.171. The Morgan fingerprint density at radius 3 is 2.71 bits per heavy atom. The first kappa shape index (κ1) is 14.2.